The first-order valence-electron chi connectivity index (χ1n) is 21.3. The number of nitrogens with zero attached hydrogens (tertiary/aromatic N) is 5. The second kappa shape index (κ2) is 34.3. The van der Waals surface area contributed by atoms with E-state index in [1.54, 1.807) is 6.08 Å². The molecule has 9 nitrogen and oxygen atoms in total. The van der Waals surface area contributed by atoms with E-state index in [0.29, 0.717) is 26.2 Å². The molecule has 1 heterocycles. The van der Waals surface area contributed by atoms with Crippen LogP contribution in [0.3, 0.4) is 0 Å². The summed E-state index contributed by atoms with van der Waals surface area (Å²) in [5.41, 5.74) is 0. The van der Waals surface area contributed by atoms with Gasteiger partial charge in [0.2, 0.25) is 0 Å². The van der Waals surface area contributed by atoms with Crippen molar-refractivity contribution < 1.29 is 19.1 Å². The van der Waals surface area contributed by atoms with Crippen LogP contribution >= 0.6 is 0 Å². The zero-order valence-corrected chi connectivity index (χ0v) is 34.4. The van der Waals surface area contributed by atoms with Gasteiger partial charge in [-0.2, -0.15) is 0 Å². The van der Waals surface area contributed by atoms with E-state index in [1.165, 1.54) is 77.0 Å². The highest BCUT2D eigenvalue weighted by atomic mass is 16.5. The van der Waals surface area contributed by atoms with Crippen LogP contribution in [0.5, 0.6) is 0 Å². The van der Waals surface area contributed by atoms with E-state index in [2.05, 4.69) is 59.5 Å². The lowest BCUT2D eigenvalue weighted by molar-refractivity contribution is -0.144. The van der Waals surface area contributed by atoms with E-state index in [0.717, 1.165) is 111 Å². The van der Waals surface area contributed by atoms with Gasteiger partial charge in [0.25, 0.3) is 0 Å². The van der Waals surface area contributed by atoms with Gasteiger partial charge in [-0.25, -0.2) is 4.79 Å². The first-order chi connectivity index (χ1) is 24.8. The second-order valence-electron chi connectivity index (χ2n) is 15.2. The molecule has 1 aliphatic heterocycles. The topological polar surface area (TPSA) is 68.8 Å². The molecule has 0 aromatic carbocycles. The highest BCUT2D eigenvalue weighted by molar-refractivity contribution is 5.81. The number of esters is 2. The maximum Gasteiger partial charge on any atom is 0.330 e. The van der Waals surface area contributed by atoms with Crippen molar-refractivity contribution >= 4 is 11.9 Å². The molecule has 300 valence electrons. The molecule has 0 bridgehead atoms. The highest BCUT2D eigenvalue weighted by Gasteiger charge is 2.12. The summed E-state index contributed by atoms with van der Waals surface area (Å²) >= 11 is 0. The Balaban J connectivity index is 2.57. The molecule has 0 radical (unpaired) electrons. The van der Waals surface area contributed by atoms with Crippen LogP contribution in [0.4, 0.5) is 0 Å². The van der Waals surface area contributed by atoms with Crippen molar-refractivity contribution in [3.63, 3.8) is 0 Å². The molecular weight excluding hydrogens is 638 g/mol. The molecular formula is C42H83N5O4. The van der Waals surface area contributed by atoms with Crippen molar-refractivity contribution in [2.75, 3.05) is 113 Å². The van der Waals surface area contributed by atoms with Gasteiger partial charge in [0.15, 0.2) is 0 Å². The number of unbranched alkanes of at least 4 members (excludes halogenated alkanes) is 12. The predicted octanol–water partition coefficient (Wildman–Crippen LogP) is 7.49. The van der Waals surface area contributed by atoms with Gasteiger partial charge >= 0.3 is 11.9 Å². The normalized spacial score (nSPS) is 16.9. The Bertz CT molecular complexity index is 844. The van der Waals surface area contributed by atoms with Gasteiger partial charge in [-0.15, -0.1) is 0 Å². The maximum absolute atomic E-state index is 12.5. The first kappa shape index (κ1) is 47.5. The Morgan fingerprint density at radius 3 is 1.65 bits per heavy atom. The molecule has 0 aromatic heterocycles. The van der Waals surface area contributed by atoms with E-state index >= 15 is 0 Å². The van der Waals surface area contributed by atoms with Crippen LogP contribution in [0, 0.1) is 0 Å². The van der Waals surface area contributed by atoms with Crippen molar-refractivity contribution in [1.82, 2.24) is 24.5 Å². The van der Waals surface area contributed by atoms with Crippen molar-refractivity contribution in [3.05, 3.63) is 12.2 Å². The third-order valence-corrected chi connectivity index (χ3v) is 10.2. The predicted molar refractivity (Wildman–Crippen MR) is 215 cm³/mol. The van der Waals surface area contributed by atoms with Crippen molar-refractivity contribution in [2.24, 2.45) is 0 Å². The fraction of sp³-hybridized carbons (Fsp3) is 0.905. The molecule has 9 heteroatoms. The molecule has 0 aliphatic carbocycles. The minimum absolute atomic E-state index is 0.0861. The van der Waals surface area contributed by atoms with E-state index in [-0.39, 0.29) is 11.9 Å². The molecule has 1 aliphatic rings. The fourth-order valence-corrected chi connectivity index (χ4v) is 6.65. The van der Waals surface area contributed by atoms with E-state index < -0.39 is 0 Å². The highest BCUT2D eigenvalue weighted by Crippen LogP contribution is 2.09. The third kappa shape index (κ3) is 30.6. The van der Waals surface area contributed by atoms with Gasteiger partial charge in [0, 0.05) is 45.2 Å². The minimum Gasteiger partial charge on any atom is -0.466 e. The van der Waals surface area contributed by atoms with Crippen molar-refractivity contribution in [2.45, 2.75) is 136 Å². The van der Waals surface area contributed by atoms with Gasteiger partial charge < -0.3 is 29.1 Å². The summed E-state index contributed by atoms with van der Waals surface area (Å²) in [7, 11) is 6.75. The molecule has 0 saturated carbocycles. The smallest absolute Gasteiger partial charge is 0.330 e. The largest absolute Gasteiger partial charge is 0.466 e. The molecule has 1 fully saturated rings. The molecule has 0 N–H and O–H groups in total. The van der Waals surface area contributed by atoms with Gasteiger partial charge in [-0.05, 0) is 105 Å². The molecule has 0 aromatic rings. The van der Waals surface area contributed by atoms with Gasteiger partial charge in [0.05, 0.1) is 13.2 Å². The molecule has 0 unspecified atom stereocenters. The zero-order chi connectivity index (χ0) is 37.2. The van der Waals surface area contributed by atoms with E-state index in [4.69, 9.17) is 9.47 Å². The lowest BCUT2D eigenvalue weighted by Gasteiger charge is -2.29. The van der Waals surface area contributed by atoms with Gasteiger partial charge in [-0.3, -0.25) is 9.69 Å². The summed E-state index contributed by atoms with van der Waals surface area (Å²) < 4.78 is 11.0. The molecule has 0 atom stereocenters. The summed E-state index contributed by atoms with van der Waals surface area (Å²) in [5, 5.41) is 0. The second-order valence-corrected chi connectivity index (χ2v) is 15.2. The van der Waals surface area contributed by atoms with Crippen LogP contribution in [0.15, 0.2) is 12.2 Å². The van der Waals surface area contributed by atoms with Gasteiger partial charge in [0.1, 0.15) is 0 Å². The number of likely N-dealkylation sites (N-methyl/N-ethyl adjacent to an activating group) is 3. The average molecular weight is 722 g/mol. The number of ether oxygens (including phenoxy) is 2. The van der Waals surface area contributed by atoms with E-state index in [9.17, 15) is 9.59 Å². The monoisotopic (exact) mass is 722 g/mol. The average Bonchev–Trinajstić information content (AvgIpc) is 3.11. The Morgan fingerprint density at radius 2 is 1.06 bits per heavy atom. The Hall–Kier alpha value is -1.52. The quantitative estimate of drug-likeness (QED) is 0.0488. The van der Waals surface area contributed by atoms with Crippen molar-refractivity contribution in [3.8, 4) is 0 Å². The molecule has 51 heavy (non-hydrogen) atoms. The lowest BCUT2D eigenvalue weighted by atomic mass is 10.1. The third-order valence-electron chi connectivity index (χ3n) is 10.2. The minimum atomic E-state index is -0.249. The standard InChI is InChI=1S/C42H83N5O4/c1-6-8-10-12-14-16-18-39-50-41(48)25-20-30-46(31-21-26-42(49)51-40-19-17-15-13-11-9-7-2)33-24-34-47-32-23-29-44(4)36-35-43(3)27-22-28-45(5)37-38-47/h20,25H,6-19,21-24,26-40H2,1-5H3/b25-20+. The zero-order valence-electron chi connectivity index (χ0n) is 34.4. The Morgan fingerprint density at radius 1 is 0.569 bits per heavy atom. The molecule has 0 spiro atoms. The summed E-state index contributed by atoms with van der Waals surface area (Å²) in [6, 6.07) is 0. The van der Waals surface area contributed by atoms with Crippen LogP contribution in [0.2, 0.25) is 0 Å². The number of carbonyl (C=O) groups is 2. The van der Waals surface area contributed by atoms with Crippen LogP contribution < -0.4 is 0 Å². The fourth-order valence-electron chi connectivity index (χ4n) is 6.65. The number of carbonyl (C=O) groups excluding carboxylic acids is 2. The maximum atomic E-state index is 12.5. The van der Waals surface area contributed by atoms with Gasteiger partial charge in [-0.1, -0.05) is 97.0 Å². The number of hydrogen-bond donors (Lipinski definition) is 0. The molecule has 0 amide bonds. The SMILES string of the molecule is CCCCCCCCCOC(=O)/C=C/CN(CCCC(=O)OCCCCCCCCC)CCCN1CCCN(C)CCN(C)CCCN(C)CC1. The van der Waals surface area contributed by atoms with Crippen molar-refractivity contribution in [1.29, 1.82) is 0 Å². The Labute approximate surface area is 315 Å². The summed E-state index contributed by atoms with van der Waals surface area (Å²) in [4.78, 5) is 37.3. The van der Waals surface area contributed by atoms with E-state index in [1.807, 2.05) is 6.08 Å². The van der Waals surface area contributed by atoms with Crippen LogP contribution in [-0.4, -0.2) is 149 Å². The summed E-state index contributed by atoms with van der Waals surface area (Å²) in [6.45, 7) is 18.0. The molecule has 1 rings (SSSR count). The number of rotatable bonds is 27. The lowest BCUT2D eigenvalue weighted by Crippen LogP contribution is -2.39. The summed E-state index contributed by atoms with van der Waals surface area (Å²) in [5.74, 6) is -0.335. The van der Waals surface area contributed by atoms with Crippen LogP contribution in [0.25, 0.3) is 0 Å². The summed E-state index contributed by atoms with van der Waals surface area (Å²) in [6.07, 6.45) is 25.1. The Kier molecular flexibility index (Phi) is 31.9. The first-order valence-corrected chi connectivity index (χ1v) is 21.3. The van der Waals surface area contributed by atoms with Crippen LogP contribution in [-0.2, 0) is 19.1 Å². The number of hydrogen-bond acceptors (Lipinski definition) is 9. The van der Waals surface area contributed by atoms with Crippen LogP contribution in [0.1, 0.15) is 136 Å². The molecule has 1 saturated heterocycles.